The Balaban J connectivity index is 2.33. The number of carbonyl (C=O) groups excluding carboxylic acids is 1. The summed E-state index contributed by atoms with van der Waals surface area (Å²) in [5, 5.41) is 67.3. The van der Waals surface area contributed by atoms with Gasteiger partial charge in [0.15, 0.2) is 23.9 Å². The molecule has 156 valence electrons. The molecule has 0 saturated heterocycles. The van der Waals surface area contributed by atoms with Gasteiger partial charge in [-0.25, -0.2) is 0 Å². The van der Waals surface area contributed by atoms with Crippen LogP contribution in [-0.2, 0) is 4.79 Å². The Hall–Kier alpha value is -3.11. The molecule has 9 heteroatoms. The molecule has 0 heterocycles. The molecule has 2 aromatic rings. The zero-order chi connectivity index (χ0) is 21.6. The fraction of sp³-hybridized carbons (Fsp3) is 0.250. The first-order chi connectivity index (χ1) is 13.8. The summed E-state index contributed by atoms with van der Waals surface area (Å²) in [6.07, 6.45) is -3.99. The molecule has 29 heavy (non-hydrogen) atoms. The van der Waals surface area contributed by atoms with E-state index >= 15 is 0 Å². The second-order valence-electron chi connectivity index (χ2n) is 6.26. The van der Waals surface area contributed by atoms with Crippen LogP contribution in [0.2, 0.25) is 0 Å². The van der Waals surface area contributed by atoms with E-state index in [4.69, 9.17) is 9.84 Å². The Bertz CT molecular complexity index is 848. The maximum absolute atomic E-state index is 11.4. The highest BCUT2D eigenvalue weighted by atomic mass is 16.5. The number of aldehydes is 1. The van der Waals surface area contributed by atoms with Crippen molar-refractivity contribution in [3.8, 4) is 23.0 Å². The molecule has 0 bridgehead atoms. The number of aliphatic hydroxyl groups is 4. The van der Waals surface area contributed by atoms with Crippen molar-refractivity contribution in [2.24, 2.45) is 0 Å². The first-order valence-corrected chi connectivity index (χ1v) is 8.57. The standard InChI is InChI=1S/C20H22O9/c21-9-16(26)18(27)19(28)17(10-22)29-20-12(7-14(24)8-15(20)25)4-1-11-2-5-13(23)6-3-11/h1-8,10,16-19,21,23-28H,9H2/b4-1+. The number of rotatable bonds is 9. The lowest BCUT2D eigenvalue weighted by Crippen LogP contribution is -2.48. The van der Waals surface area contributed by atoms with Gasteiger partial charge in [0.2, 0.25) is 0 Å². The smallest absolute Gasteiger partial charge is 0.182 e. The number of ether oxygens (including phenoxy) is 1. The zero-order valence-corrected chi connectivity index (χ0v) is 15.2. The van der Waals surface area contributed by atoms with E-state index in [-0.39, 0.29) is 29.1 Å². The quantitative estimate of drug-likeness (QED) is 0.224. The van der Waals surface area contributed by atoms with Crippen LogP contribution in [0.3, 0.4) is 0 Å². The predicted octanol–water partition coefficient (Wildman–Crippen LogP) is -0.00490. The van der Waals surface area contributed by atoms with Crippen molar-refractivity contribution in [3.05, 3.63) is 47.5 Å². The van der Waals surface area contributed by atoms with Crippen molar-refractivity contribution < 1.29 is 45.3 Å². The molecule has 0 aliphatic heterocycles. The van der Waals surface area contributed by atoms with E-state index in [9.17, 15) is 35.4 Å². The zero-order valence-electron chi connectivity index (χ0n) is 15.2. The van der Waals surface area contributed by atoms with E-state index in [2.05, 4.69) is 0 Å². The van der Waals surface area contributed by atoms with Gasteiger partial charge in [0.1, 0.15) is 29.8 Å². The number of phenols is 3. The van der Waals surface area contributed by atoms with Crippen LogP contribution in [0.4, 0.5) is 0 Å². The van der Waals surface area contributed by atoms with Crippen molar-refractivity contribution in [1.29, 1.82) is 0 Å². The highest BCUT2D eigenvalue weighted by molar-refractivity contribution is 5.75. The predicted molar refractivity (Wildman–Crippen MR) is 102 cm³/mol. The van der Waals surface area contributed by atoms with Gasteiger partial charge in [0.05, 0.1) is 6.61 Å². The monoisotopic (exact) mass is 406 g/mol. The van der Waals surface area contributed by atoms with Crippen LogP contribution in [0.25, 0.3) is 12.2 Å². The highest BCUT2D eigenvalue weighted by Crippen LogP contribution is 2.36. The summed E-state index contributed by atoms with van der Waals surface area (Å²) >= 11 is 0. The van der Waals surface area contributed by atoms with E-state index in [1.165, 1.54) is 24.3 Å². The molecule has 0 aliphatic rings. The molecular formula is C20H22O9. The van der Waals surface area contributed by atoms with E-state index < -0.39 is 36.8 Å². The molecule has 0 saturated carbocycles. The van der Waals surface area contributed by atoms with E-state index in [1.54, 1.807) is 18.2 Å². The Morgan fingerprint density at radius 1 is 0.897 bits per heavy atom. The molecule has 2 rings (SSSR count). The van der Waals surface area contributed by atoms with Crippen molar-refractivity contribution in [2.75, 3.05) is 6.61 Å². The van der Waals surface area contributed by atoms with Gasteiger partial charge in [-0.1, -0.05) is 24.3 Å². The molecular weight excluding hydrogens is 384 g/mol. The summed E-state index contributed by atoms with van der Waals surface area (Å²) in [6, 6.07) is 8.34. The molecule has 0 radical (unpaired) electrons. The summed E-state index contributed by atoms with van der Waals surface area (Å²) in [5.74, 6) is -1.02. The minimum Gasteiger partial charge on any atom is -0.508 e. The molecule has 0 fully saturated rings. The SMILES string of the molecule is O=CC(Oc1c(O)cc(O)cc1/C=C/c1ccc(O)cc1)C(O)C(O)C(O)CO. The summed E-state index contributed by atoms with van der Waals surface area (Å²) in [5.41, 5.74) is 0.817. The minimum absolute atomic E-state index is 0.0765. The molecule has 0 aromatic heterocycles. The molecule has 4 atom stereocenters. The minimum atomic E-state index is -1.91. The maximum atomic E-state index is 11.4. The van der Waals surface area contributed by atoms with Crippen LogP contribution in [0, 0.1) is 0 Å². The highest BCUT2D eigenvalue weighted by Gasteiger charge is 2.33. The fourth-order valence-electron chi connectivity index (χ4n) is 2.49. The summed E-state index contributed by atoms with van der Waals surface area (Å²) in [7, 11) is 0. The average Bonchev–Trinajstić information content (AvgIpc) is 2.71. The Labute approximate surface area is 166 Å². The number of carbonyl (C=O) groups is 1. The van der Waals surface area contributed by atoms with E-state index in [0.717, 1.165) is 6.07 Å². The molecule has 0 aliphatic carbocycles. The van der Waals surface area contributed by atoms with Crippen LogP contribution in [0.5, 0.6) is 23.0 Å². The summed E-state index contributed by atoms with van der Waals surface area (Å²) in [4.78, 5) is 11.4. The van der Waals surface area contributed by atoms with Crippen LogP contribution < -0.4 is 4.74 Å². The lowest BCUT2D eigenvalue weighted by atomic mass is 10.0. The summed E-state index contributed by atoms with van der Waals surface area (Å²) in [6.45, 7) is -0.852. The lowest BCUT2D eigenvalue weighted by molar-refractivity contribution is -0.133. The number of benzene rings is 2. The third-order valence-corrected chi connectivity index (χ3v) is 4.09. The van der Waals surface area contributed by atoms with Gasteiger partial charge in [-0.15, -0.1) is 0 Å². The van der Waals surface area contributed by atoms with Crippen molar-refractivity contribution in [2.45, 2.75) is 24.4 Å². The third-order valence-electron chi connectivity index (χ3n) is 4.09. The number of aliphatic hydroxyl groups excluding tert-OH is 4. The summed E-state index contributed by atoms with van der Waals surface area (Å²) < 4.78 is 5.34. The van der Waals surface area contributed by atoms with Gasteiger partial charge in [0.25, 0.3) is 0 Å². The molecule has 2 aromatic carbocycles. The topological polar surface area (TPSA) is 168 Å². The fourth-order valence-corrected chi connectivity index (χ4v) is 2.49. The van der Waals surface area contributed by atoms with Crippen LogP contribution in [0.15, 0.2) is 36.4 Å². The first kappa shape index (κ1) is 22.2. The average molecular weight is 406 g/mol. The van der Waals surface area contributed by atoms with Crippen LogP contribution >= 0.6 is 0 Å². The molecule has 9 nitrogen and oxygen atoms in total. The first-order valence-electron chi connectivity index (χ1n) is 8.57. The number of hydrogen-bond donors (Lipinski definition) is 7. The maximum Gasteiger partial charge on any atom is 0.182 e. The Kier molecular flexibility index (Phi) is 7.57. The van der Waals surface area contributed by atoms with Gasteiger partial charge in [-0.3, -0.25) is 4.79 Å². The van der Waals surface area contributed by atoms with Crippen molar-refractivity contribution in [3.63, 3.8) is 0 Å². The third kappa shape index (κ3) is 5.69. The normalized spacial score (nSPS) is 15.6. The Morgan fingerprint density at radius 2 is 1.55 bits per heavy atom. The van der Waals surface area contributed by atoms with E-state index in [1.807, 2.05) is 0 Å². The van der Waals surface area contributed by atoms with Gasteiger partial charge in [-0.05, 0) is 23.8 Å². The van der Waals surface area contributed by atoms with Gasteiger partial charge in [0, 0.05) is 11.6 Å². The second kappa shape index (κ2) is 9.89. The second-order valence-corrected chi connectivity index (χ2v) is 6.26. The van der Waals surface area contributed by atoms with Crippen LogP contribution in [0.1, 0.15) is 11.1 Å². The number of aromatic hydroxyl groups is 3. The number of hydrogen-bond acceptors (Lipinski definition) is 9. The molecule has 7 N–H and O–H groups in total. The number of phenolic OH excluding ortho intramolecular Hbond substituents is 3. The lowest BCUT2D eigenvalue weighted by Gasteiger charge is -2.26. The van der Waals surface area contributed by atoms with Gasteiger partial charge < -0.3 is 40.5 Å². The van der Waals surface area contributed by atoms with E-state index in [0.29, 0.717) is 5.56 Å². The van der Waals surface area contributed by atoms with Crippen LogP contribution in [-0.4, -0.2) is 73.1 Å². The van der Waals surface area contributed by atoms with Crippen molar-refractivity contribution >= 4 is 18.4 Å². The van der Waals surface area contributed by atoms with Crippen molar-refractivity contribution in [1.82, 2.24) is 0 Å². The largest absolute Gasteiger partial charge is 0.508 e. The Morgan fingerprint density at radius 3 is 2.14 bits per heavy atom. The van der Waals surface area contributed by atoms with Gasteiger partial charge >= 0.3 is 0 Å². The van der Waals surface area contributed by atoms with Gasteiger partial charge in [-0.2, -0.15) is 0 Å². The molecule has 0 spiro atoms. The molecule has 4 unspecified atom stereocenters. The molecule has 0 amide bonds.